The van der Waals surface area contributed by atoms with E-state index in [2.05, 4.69) is 18.2 Å². The summed E-state index contributed by atoms with van der Waals surface area (Å²) in [6.07, 6.45) is 1.89. The fraction of sp³-hybridized carbons (Fsp3) is 0.0526. The highest BCUT2D eigenvalue weighted by Crippen LogP contribution is 2.20. The third kappa shape index (κ3) is 3.56. The summed E-state index contributed by atoms with van der Waals surface area (Å²) in [5.41, 5.74) is 1.91. The Kier molecular flexibility index (Phi) is 4.56. The van der Waals surface area contributed by atoms with E-state index in [1.165, 1.54) is 12.1 Å². The van der Waals surface area contributed by atoms with Crippen LogP contribution in [0.15, 0.2) is 72.1 Å². The average molecular weight is 310 g/mol. The second kappa shape index (κ2) is 6.77. The quantitative estimate of drug-likeness (QED) is 0.629. The Balaban J connectivity index is 1.76. The first-order valence-corrected chi connectivity index (χ1v) is 8.38. The van der Waals surface area contributed by atoms with Crippen LogP contribution < -0.4 is 0 Å². The van der Waals surface area contributed by atoms with Crippen molar-refractivity contribution in [1.82, 2.24) is 0 Å². The third-order valence-electron chi connectivity index (χ3n) is 3.44. The number of hydrogen-bond donors (Lipinski definition) is 0. The summed E-state index contributed by atoms with van der Waals surface area (Å²) < 4.78 is 25.0. The second-order valence-electron chi connectivity index (χ2n) is 5.02. The molecule has 0 aromatic heterocycles. The van der Waals surface area contributed by atoms with Crippen LogP contribution in [0.3, 0.4) is 0 Å². The Morgan fingerprint density at radius 1 is 0.909 bits per heavy atom. The molecule has 0 aliphatic rings. The van der Waals surface area contributed by atoms with Crippen molar-refractivity contribution in [2.45, 2.75) is 5.75 Å². The van der Waals surface area contributed by atoms with Crippen molar-refractivity contribution in [3.63, 3.8) is 0 Å². The van der Waals surface area contributed by atoms with Gasteiger partial charge in [-0.15, -0.1) is 0 Å². The topological polar surface area (TPSA) is 23.1 Å². The Labute approximate surface area is 132 Å². The maximum absolute atomic E-state index is 12.9. The first-order chi connectivity index (χ1) is 10.7. The number of rotatable bonds is 4. The molecule has 22 heavy (non-hydrogen) atoms. The Morgan fingerprint density at radius 2 is 1.64 bits per heavy atom. The predicted octanol–water partition coefficient (Wildman–Crippen LogP) is 4.90. The highest BCUT2D eigenvalue weighted by Gasteiger charge is 2.05. The zero-order chi connectivity index (χ0) is 15.4. The van der Waals surface area contributed by atoms with Crippen LogP contribution in [0.1, 0.15) is 11.1 Å². The first kappa shape index (κ1) is 14.8. The highest BCUT2D eigenvalue weighted by atomic mass is 32.2. The van der Waals surface area contributed by atoms with Gasteiger partial charge in [0.1, 0.15) is 17.0 Å². The monoisotopic (exact) mass is 310 g/mol. The molecule has 1 unspecified atom stereocenters. The SMILES string of the molecule is [O-][S+](/C=C/c1cccc2ccccc12)Cc1ccc(F)cc1. The molecule has 1 nitrogen and oxygen atoms in total. The molecule has 110 valence electrons. The Bertz CT molecular complexity index is 791. The van der Waals surface area contributed by atoms with Gasteiger partial charge in [-0.2, -0.15) is 0 Å². The second-order valence-corrected chi connectivity index (χ2v) is 6.34. The third-order valence-corrected chi connectivity index (χ3v) is 4.50. The van der Waals surface area contributed by atoms with Gasteiger partial charge in [0.25, 0.3) is 0 Å². The minimum Gasteiger partial charge on any atom is -0.612 e. The molecule has 0 saturated heterocycles. The molecule has 3 aromatic rings. The van der Waals surface area contributed by atoms with Crippen LogP contribution in [0, 0.1) is 5.82 Å². The summed E-state index contributed by atoms with van der Waals surface area (Å²) >= 11 is -1.12. The fourth-order valence-electron chi connectivity index (χ4n) is 2.34. The summed E-state index contributed by atoms with van der Waals surface area (Å²) in [6.45, 7) is 0. The molecule has 1 atom stereocenters. The molecule has 3 aromatic carbocycles. The molecule has 0 amide bonds. The molecule has 0 radical (unpaired) electrons. The van der Waals surface area contributed by atoms with Crippen molar-refractivity contribution in [1.29, 1.82) is 0 Å². The predicted molar refractivity (Wildman–Crippen MR) is 91.2 cm³/mol. The van der Waals surface area contributed by atoms with E-state index in [4.69, 9.17) is 0 Å². The molecule has 0 aliphatic carbocycles. The molecule has 0 N–H and O–H groups in total. The van der Waals surface area contributed by atoms with Crippen LogP contribution in [-0.2, 0) is 16.9 Å². The lowest BCUT2D eigenvalue weighted by Gasteiger charge is -2.06. The summed E-state index contributed by atoms with van der Waals surface area (Å²) in [5.74, 6) is 0.113. The lowest BCUT2D eigenvalue weighted by molar-refractivity contribution is 0.602. The van der Waals surface area contributed by atoms with Crippen LogP contribution >= 0.6 is 0 Å². The Hall–Kier alpha value is -2.10. The van der Waals surface area contributed by atoms with Crippen molar-refractivity contribution in [2.75, 3.05) is 0 Å². The maximum Gasteiger partial charge on any atom is 0.135 e. The highest BCUT2D eigenvalue weighted by molar-refractivity contribution is 7.93. The van der Waals surface area contributed by atoms with E-state index in [-0.39, 0.29) is 5.82 Å². The maximum atomic E-state index is 12.9. The molecule has 3 rings (SSSR count). The van der Waals surface area contributed by atoms with E-state index in [1.807, 2.05) is 30.3 Å². The smallest absolute Gasteiger partial charge is 0.135 e. The minimum atomic E-state index is -1.12. The molecular weight excluding hydrogens is 295 g/mol. The van der Waals surface area contributed by atoms with Gasteiger partial charge in [0.2, 0.25) is 0 Å². The van der Waals surface area contributed by atoms with Gasteiger partial charge in [-0.25, -0.2) is 4.39 Å². The van der Waals surface area contributed by atoms with Gasteiger partial charge >= 0.3 is 0 Å². The van der Waals surface area contributed by atoms with E-state index < -0.39 is 11.2 Å². The lowest BCUT2D eigenvalue weighted by Crippen LogP contribution is -2.00. The standard InChI is InChI=1S/C19H15FOS/c20-18-10-8-15(9-11-18)14-22(21)13-12-17-6-3-5-16-4-1-2-7-19(16)17/h1-13H,14H2/b13-12+. The minimum absolute atomic E-state index is 0.277. The first-order valence-electron chi connectivity index (χ1n) is 7.00. The van der Waals surface area contributed by atoms with Gasteiger partial charge in [-0.3, -0.25) is 0 Å². The molecular formula is C19H15FOS. The molecule has 3 heteroatoms. The summed E-state index contributed by atoms with van der Waals surface area (Å²) in [5, 5.41) is 4.00. The van der Waals surface area contributed by atoms with Gasteiger partial charge in [0.05, 0.1) is 0 Å². The van der Waals surface area contributed by atoms with Crippen molar-refractivity contribution in [3.8, 4) is 0 Å². The van der Waals surface area contributed by atoms with E-state index in [0.29, 0.717) is 5.75 Å². The van der Waals surface area contributed by atoms with Crippen molar-refractivity contribution in [3.05, 3.63) is 89.1 Å². The summed E-state index contributed by atoms with van der Waals surface area (Å²) in [6, 6.07) is 20.3. The van der Waals surface area contributed by atoms with E-state index in [1.54, 1.807) is 17.5 Å². The summed E-state index contributed by atoms with van der Waals surface area (Å²) in [7, 11) is 0. The van der Waals surface area contributed by atoms with Gasteiger partial charge in [0.15, 0.2) is 0 Å². The van der Waals surface area contributed by atoms with Gasteiger partial charge in [-0.05, 0) is 45.7 Å². The zero-order valence-corrected chi connectivity index (χ0v) is 12.7. The number of benzene rings is 3. The molecule has 0 saturated carbocycles. The van der Waals surface area contributed by atoms with E-state index in [9.17, 15) is 8.94 Å². The number of halogens is 1. The van der Waals surface area contributed by atoms with Crippen LogP contribution in [0.4, 0.5) is 4.39 Å². The molecule has 0 fully saturated rings. The van der Waals surface area contributed by atoms with E-state index in [0.717, 1.165) is 21.9 Å². The molecule has 0 bridgehead atoms. The van der Waals surface area contributed by atoms with Crippen molar-refractivity contribution >= 4 is 28.0 Å². The zero-order valence-electron chi connectivity index (χ0n) is 11.9. The molecule has 0 heterocycles. The lowest BCUT2D eigenvalue weighted by atomic mass is 10.1. The van der Waals surface area contributed by atoms with E-state index >= 15 is 0 Å². The van der Waals surface area contributed by atoms with Gasteiger partial charge < -0.3 is 4.55 Å². The van der Waals surface area contributed by atoms with Crippen LogP contribution in [0.25, 0.3) is 16.8 Å². The molecule has 0 aliphatic heterocycles. The van der Waals surface area contributed by atoms with Crippen LogP contribution in [-0.4, -0.2) is 4.55 Å². The van der Waals surface area contributed by atoms with Gasteiger partial charge in [0, 0.05) is 5.56 Å². The molecule has 0 spiro atoms. The fourth-order valence-corrected chi connectivity index (χ4v) is 3.25. The normalized spacial score (nSPS) is 12.8. The van der Waals surface area contributed by atoms with Crippen molar-refractivity contribution in [2.24, 2.45) is 0 Å². The number of hydrogen-bond acceptors (Lipinski definition) is 1. The average Bonchev–Trinajstić information content (AvgIpc) is 2.55. The van der Waals surface area contributed by atoms with Gasteiger partial charge in [-0.1, -0.05) is 54.6 Å². The van der Waals surface area contributed by atoms with Crippen LogP contribution in [0.5, 0.6) is 0 Å². The largest absolute Gasteiger partial charge is 0.612 e. The Morgan fingerprint density at radius 3 is 2.45 bits per heavy atom. The van der Waals surface area contributed by atoms with Crippen molar-refractivity contribution < 1.29 is 8.94 Å². The number of fused-ring (bicyclic) bond motifs is 1. The summed E-state index contributed by atoms with van der Waals surface area (Å²) in [4.78, 5) is 0. The van der Waals surface area contributed by atoms with Crippen LogP contribution in [0.2, 0.25) is 0 Å².